The van der Waals surface area contributed by atoms with E-state index in [0.717, 1.165) is 11.3 Å². The minimum atomic E-state index is -1.31. The molecule has 0 amide bonds. The molecule has 1 N–H and O–H groups in total. The van der Waals surface area contributed by atoms with Gasteiger partial charge in [-0.2, -0.15) is 0 Å². The summed E-state index contributed by atoms with van der Waals surface area (Å²) in [5.41, 5.74) is -0.880. The number of nitrogens with one attached hydrogen (secondary N) is 1. The molecule has 0 saturated heterocycles. The molecule has 1 aromatic heterocycles. The van der Waals surface area contributed by atoms with Crippen LogP contribution >= 0.6 is 11.8 Å². The first-order valence-corrected chi connectivity index (χ1v) is 12.6. The van der Waals surface area contributed by atoms with E-state index in [1.165, 1.54) is 22.4 Å². The predicted octanol–water partition coefficient (Wildman–Crippen LogP) is 3.42. The molecule has 0 spiro atoms. The maximum absolute atomic E-state index is 12.4. The number of aromatic nitrogens is 2. The lowest BCUT2D eigenvalue weighted by atomic mass is 9.92. The number of aromatic amines is 1. The third-order valence-corrected chi connectivity index (χ3v) is 5.46. The van der Waals surface area contributed by atoms with Crippen molar-refractivity contribution < 1.29 is 9.16 Å². The Labute approximate surface area is 165 Å². The minimum absolute atomic E-state index is 0.0205. The van der Waals surface area contributed by atoms with Crippen LogP contribution in [0.5, 0.6) is 0 Å². The second-order valence-electron chi connectivity index (χ2n) is 7.80. The van der Waals surface area contributed by atoms with Gasteiger partial charge in [0.2, 0.25) is 0 Å². The van der Waals surface area contributed by atoms with Crippen LogP contribution in [0, 0.1) is 5.41 Å². The molecule has 2 aromatic rings. The number of hydrogen-bond donors (Lipinski definition) is 1. The lowest BCUT2D eigenvalue weighted by Gasteiger charge is -2.28. The summed E-state index contributed by atoms with van der Waals surface area (Å²) in [4.78, 5) is 27.4. The summed E-state index contributed by atoms with van der Waals surface area (Å²) >= 11 is 1.35. The van der Waals surface area contributed by atoms with E-state index in [2.05, 4.69) is 38.8 Å². The van der Waals surface area contributed by atoms with Crippen molar-refractivity contribution in [3.05, 3.63) is 57.2 Å². The Bertz CT molecular complexity index is 843. The molecule has 1 atom stereocenters. The van der Waals surface area contributed by atoms with Gasteiger partial charge in [-0.05, 0) is 30.6 Å². The SMILES string of the molecule is C[SiH](C)OC(CC(C)(C)C)OCn1c(Sc2ccccc2)cc(=O)[nH]c1=O. The van der Waals surface area contributed by atoms with E-state index in [1.807, 2.05) is 30.3 Å². The second-order valence-corrected chi connectivity index (χ2v) is 11.3. The molecule has 148 valence electrons. The third kappa shape index (κ3) is 7.49. The second kappa shape index (κ2) is 9.54. The Hall–Kier alpha value is -1.61. The fourth-order valence-electron chi connectivity index (χ4n) is 2.42. The molecule has 0 fully saturated rings. The highest BCUT2D eigenvalue weighted by Crippen LogP contribution is 2.27. The van der Waals surface area contributed by atoms with Crippen LogP contribution in [0.2, 0.25) is 13.1 Å². The molecule has 1 unspecified atom stereocenters. The first-order chi connectivity index (χ1) is 12.6. The number of ether oxygens (including phenoxy) is 1. The summed E-state index contributed by atoms with van der Waals surface area (Å²) in [5, 5.41) is 0.534. The Balaban J connectivity index is 2.23. The zero-order valence-corrected chi connectivity index (χ0v) is 18.5. The zero-order chi connectivity index (χ0) is 20.0. The van der Waals surface area contributed by atoms with E-state index < -0.39 is 20.3 Å². The van der Waals surface area contributed by atoms with Crippen LogP contribution in [0.3, 0.4) is 0 Å². The average Bonchev–Trinajstić information content (AvgIpc) is 2.52. The van der Waals surface area contributed by atoms with Crippen molar-refractivity contribution in [1.82, 2.24) is 9.55 Å². The predicted molar refractivity (Wildman–Crippen MR) is 111 cm³/mol. The van der Waals surface area contributed by atoms with E-state index in [4.69, 9.17) is 9.16 Å². The van der Waals surface area contributed by atoms with Crippen LogP contribution in [0.25, 0.3) is 0 Å². The number of rotatable bonds is 8. The minimum Gasteiger partial charge on any atom is -0.396 e. The maximum atomic E-state index is 12.4. The fraction of sp³-hybridized carbons (Fsp3) is 0.474. The van der Waals surface area contributed by atoms with Gasteiger partial charge in [-0.15, -0.1) is 0 Å². The normalized spacial score (nSPS) is 13.1. The molecule has 6 nitrogen and oxygen atoms in total. The van der Waals surface area contributed by atoms with E-state index in [-0.39, 0.29) is 18.4 Å². The molecular formula is C19H28N2O4SSi. The van der Waals surface area contributed by atoms with Gasteiger partial charge in [0.1, 0.15) is 13.0 Å². The van der Waals surface area contributed by atoms with Crippen molar-refractivity contribution >= 4 is 20.8 Å². The highest BCUT2D eigenvalue weighted by atomic mass is 32.2. The lowest BCUT2D eigenvalue weighted by Crippen LogP contribution is -2.34. The molecule has 2 rings (SSSR count). The molecule has 8 heteroatoms. The van der Waals surface area contributed by atoms with E-state index in [0.29, 0.717) is 5.03 Å². The summed E-state index contributed by atoms with van der Waals surface area (Å²) in [6.45, 7) is 10.6. The highest BCUT2D eigenvalue weighted by molar-refractivity contribution is 7.99. The summed E-state index contributed by atoms with van der Waals surface area (Å²) in [6, 6.07) is 11.0. The van der Waals surface area contributed by atoms with Gasteiger partial charge >= 0.3 is 5.69 Å². The van der Waals surface area contributed by atoms with Gasteiger partial charge < -0.3 is 9.16 Å². The van der Waals surface area contributed by atoms with E-state index >= 15 is 0 Å². The van der Waals surface area contributed by atoms with Crippen molar-refractivity contribution in [2.24, 2.45) is 5.41 Å². The van der Waals surface area contributed by atoms with Crippen molar-refractivity contribution in [2.45, 2.75) is 63.2 Å². The first kappa shape index (κ1) is 21.7. The summed E-state index contributed by atoms with van der Waals surface area (Å²) in [5.74, 6) is 0. The van der Waals surface area contributed by atoms with Crippen molar-refractivity contribution in [3.8, 4) is 0 Å². The van der Waals surface area contributed by atoms with Crippen molar-refractivity contribution in [1.29, 1.82) is 0 Å². The van der Waals surface area contributed by atoms with Gasteiger partial charge in [0, 0.05) is 17.4 Å². The number of hydrogen-bond acceptors (Lipinski definition) is 5. The van der Waals surface area contributed by atoms with Crippen molar-refractivity contribution in [3.63, 3.8) is 0 Å². The lowest BCUT2D eigenvalue weighted by molar-refractivity contribution is -0.129. The van der Waals surface area contributed by atoms with E-state index in [1.54, 1.807) is 0 Å². The Kier molecular flexibility index (Phi) is 7.66. The number of H-pyrrole nitrogens is 1. The van der Waals surface area contributed by atoms with Crippen molar-refractivity contribution in [2.75, 3.05) is 0 Å². The van der Waals surface area contributed by atoms with Crippen LogP contribution in [0.4, 0.5) is 0 Å². The molecule has 1 aromatic carbocycles. The molecule has 1 heterocycles. The molecule has 0 aliphatic carbocycles. The molecule has 0 aliphatic heterocycles. The van der Waals surface area contributed by atoms with Gasteiger partial charge in [0.05, 0.1) is 5.03 Å². The van der Waals surface area contributed by atoms with Gasteiger partial charge in [0.25, 0.3) is 5.56 Å². The van der Waals surface area contributed by atoms with Gasteiger partial charge in [-0.1, -0.05) is 50.7 Å². The van der Waals surface area contributed by atoms with Gasteiger partial charge in [-0.25, -0.2) is 4.79 Å². The topological polar surface area (TPSA) is 73.3 Å². The quantitative estimate of drug-likeness (QED) is 0.412. The van der Waals surface area contributed by atoms with Crippen LogP contribution in [0.1, 0.15) is 27.2 Å². The van der Waals surface area contributed by atoms with Crippen LogP contribution in [-0.2, 0) is 15.9 Å². The largest absolute Gasteiger partial charge is 0.396 e. The molecule has 27 heavy (non-hydrogen) atoms. The molecule has 0 radical (unpaired) electrons. The molecule has 0 aliphatic rings. The Morgan fingerprint density at radius 3 is 2.44 bits per heavy atom. The average molecular weight is 409 g/mol. The summed E-state index contributed by atoms with van der Waals surface area (Å²) in [6.07, 6.45) is 0.335. The molecular weight excluding hydrogens is 380 g/mol. The van der Waals surface area contributed by atoms with Gasteiger partial charge in [-0.3, -0.25) is 14.3 Å². The molecule has 0 bridgehead atoms. The smallest absolute Gasteiger partial charge is 0.331 e. The van der Waals surface area contributed by atoms with Crippen LogP contribution < -0.4 is 11.2 Å². The fourth-order valence-corrected chi connectivity index (χ4v) is 4.15. The molecule has 0 saturated carbocycles. The standard InChI is InChI=1S/C19H28N2O4SSi/c1-19(2,3)12-17(25-27(4)5)24-13-21-16(11-15(22)20-18(21)23)26-14-9-7-6-8-10-14/h6-11,17,27H,12-13H2,1-5H3,(H,20,22,23). The highest BCUT2D eigenvalue weighted by Gasteiger charge is 2.22. The van der Waals surface area contributed by atoms with E-state index in [9.17, 15) is 9.59 Å². The van der Waals surface area contributed by atoms with Crippen LogP contribution in [0.15, 0.2) is 55.9 Å². The Morgan fingerprint density at radius 1 is 1.19 bits per heavy atom. The van der Waals surface area contributed by atoms with Gasteiger partial charge in [0.15, 0.2) is 9.04 Å². The zero-order valence-electron chi connectivity index (χ0n) is 16.5. The third-order valence-electron chi connectivity index (χ3n) is 3.55. The first-order valence-electron chi connectivity index (χ1n) is 8.98. The maximum Gasteiger partial charge on any atom is 0.331 e. The Morgan fingerprint density at radius 2 is 1.85 bits per heavy atom. The summed E-state index contributed by atoms with van der Waals surface area (Å²) in [7, 11) is -1.31. The monoisotopic (exact) mass is 408 g/mol. The summed E-state index contributed by atoms with van der Waals surface area (Å²) < 4.78 is 13.4. The van der Waals surface area contributed by atoms with Crippen LogP contribution in [-0.4, -0.2) is 24.9 Å². The number of nitrogens with zero attached hydrogens (tertiary/aromatic N) is 1. The number of benzene rings is 1.